The van der Waals surface area contributed by atoms with Crippen molar-refractivity contribution in [2.45, 2.75) is 6.42 Å². The van der Waals surface area contributed by atoms with Gasteiger partial charge in [-0.1, -0.05) is 0 Å². The number of rotatable bonds is 0. The molecule has 0 saturated carbocycles. The van der Waals surface area contributed by atoms with E-state index in [1.807, 2.05) is 0 Å². The van der Waals surface area contributed by atoms with E-state index in [9.17, 15) is 4.79 Å². The van der Waals surface area contributed by atoms with Crippen molar-refractivity contribution in [1.82, 2.24) is 5.32 Å². The van der Waals surface area contributed by atoms with Crippen molar-refractivity contribution >= 4 is 5.78 Å². The van der Waals surface area contributed by atoms with Gasteiger partial charge in [0, 0.05) is 13.0 Å². The molecule has 0 unspecified atom stereocenters. The maximum absolute atomic E-state index is 10.2. The Bertz CT molecular complexity index is 87.9. The molecule has 1 aliphatic heterocycles. The fraction of sp³-hybridized carbons (Fsp3) is 0.500. The zero-order chi connectivity index (χ0) is 6.41. The topological polar surface area (TPSA) is 29.1 Å². The van der Waals surface area contributed by atoms with Crippen LogP contribution in [0.3, 0.4) is 0 Å². The molecule has 0 aromatic carbocycles. The van der Waals surface area contributed by atoms with Crippen LogP contribution in [-0.4, -0.2) is 18.9 Å². The lowest BCUT2D eigenvalue weighted by molar-refractivity contribution is -0.116. The lowest BCUT2D eigenvalue weighted by Crippen LogP contribution is -2.07. The summed E-state index contributed by atoms with van der Waals surface area (Å²) in [5, 5.41) is 2.92. The second kappa shape index (κ2) is 4.35. The molecule has 1 fully saturated rings. The van der Waals surface area contributed by atoms with E-state index < -0.39 is 0 Å². The molecular weight excluding hydrogens is 102 g/mol. The molecule has 1 aliphatic rings. The lowest BCUT2D eigenvalue weighted by atomic mass is 10.4. The van der Waals surface area contributed by atoms with E-state index in [-0.39, 0.29) is 0 Å². The van der Waals surface area contributed by atoms with Gasteiger partial charge < -0.3 is 5.32 Å². The third-order valence-electron chi connectivity index (χ3n) is 0.903. The van der Waals surface area contributed by atoms with Crippen molar-refractivity contribution in [2.75, 3.05) is 13.1 Å². The molecular formula is C6H9NO. The number of carbonyl (C=O) groups is 1. The maximum atomic E-state index is 10.2. The third-order valence-corrected chi connectivity index (χ3v) is 0.903. The van der Waals surface area contributed by atoms with Gasteiger partial charge in [-0.3, -0.25) is 4.79 Å². The Labute approximate surface area is 49.3 Å². The minimum absolute atomic E-state index is 0.343. The van der Waals surface area contributed by atoms with Crippen LogP contribution < -0.4 is 5.32 Å². The van der Waals surface area contributed by atoms with Crippen molar-refractivity contribution in [2.24, 2.45) is 0 Å². The molecule has 1 N–H and O–H groups in total. The minimum Gasteiger partial charge on any atom is -0.310 e. The van der Waals surface area contributed by atoms with Gasteiger partial charge in [0.1, 0.15) is 5.78 Å². The molecule has 1 rings (SSSR count). The number of hydrogen-bond donors (Lipinski definition) is 1. The fourth-order valence-electron chi connectivity index (χ4n) is 0.544. The van der Waals surface area contributed by atoms with Crippen molar-refractivity contribution in [3.8, 4) is 12.8 Å². The Morgan fingerprint density at radius 2 is 2.12 bits per heavy atom. The Morgan fingerprint density at radius 3 is 2.25 bits per heavy atom. The normalized spacial score (nSPS) is 17.0. The Morgan fingerprint density at radius 1 is 1.50 bits per heavy atom. The summed E-state index contributed by atoms with van der Waals surface area (Å²) in [6, 6.07) is 0. The second-order valence-electron chi connectivity index (χ2n) is 1.47. The molecule has 0 spiro atoms. The highest BCUT2D eigenvalue weighted by molar-refractivity contribution is 5.82. The summed E-state index contributed by atoms with van der Waals surface area (Å²) in [5.41, 5.74) is 0. The molecule has 8 heavy (non-hydrogen) atoms. The van der Waals surface area contributed by atoms with Crippen molar-refractivity contribution in [1.29, 1.82) is 0 Å². The summed E-state index contributed by atoms with van der Waals surface area (Å²) >= 11 is 0. The van der Waals surface area contributed by atoms with Crippen LogP contribution in [0.15, 0.2) is 0 Å². The summed E-state index contributed by atoms with van der Waals surface area (Å²) < 4.78 is 0. The molecule has 0 aromatic heterocycles. The zero-order valence-electron chi connectivity index (χ0n) is 4.68. The van der Waals surface area contributed by atoms with Crippen molar-refractivity contribution < 1.29 is 4.79 Å². The smallest absolute Gasteiger partial charge is 0.147 e. The Hall–Kier alpha value is -0.810. The monoisotopic (exact) mass is 111 g/mol. The Balaban J connectivity index is 0.000000222. The number of carbonyl (C=O) groups excluding carboxylic acids is 1. The van der Waals surface area contributed by atoms with Gasteiger partial charge in [0.15, 0.2) is 0 Å². The van der Waals surface area contributed by atoms with Gasteiger partial charge in [-0.05, 0) is 0 Å². The molecule has 0 amide bonds. The van der Waals surface area contributed by atoms with E-state index in [0.29, 0.717) is 12.3 Å². The first-order valence-electron chi connectivity index (χ1n) is 2.45. The molecule has 44 valence electrons. The molecule has 0 radical (unpaired) electrons. The predicted molar refractivity (Wildman–Crippen MR) is 32.4 cm³/mol. The van der Waals surface area contributed by atoms with Gasteiger partial charge in [0.05, 0.1) is 6.54 Å². The molecule has 1 heterocycles. The molecule has 2 heteroatoms. The van der Waals surface area contributed by atoms with Gasteiger partial charge in [-0.2, -0.15) is 0 Å². The van der Waals surface area contributed by atoms with Crippen LogP contribution in [0.5, 0.6) is 0 Å². The first-order chi connectivity index (χ1) is 3.89. The first-order valence-corrected chi connectivity index (χ1v) is 2.45. The first kappa shape index (κ1) is 7.19. The average molecular weight is 111 g/mol. The number of ketones is 1. The number of hydrogen-bond acceptors (Lipinski definition) is 2. The molecule has 2 nitrogen and oxygen atoms in total. The second-order valence-corrected chi connectivity index (χ2v) is 1.47. The predicted octanol–water partition coefficient (Wildman–Crippen LogP) is -0.202. The van der Waals surface area contributed by atoms with Crippen LogP contribution in [0.1, 0.15) is 6.42 Å². The molecule has 1 saturated heterocycles. The summed E-state index contributed by atoms with van der Waals surface area (Å²) in [4.78, 5) is 10.2. The van der Waals surface area contributed by atoms with Gasteiger partial charge in [0.2, 0.25) is 0 Å². The summed E-state index contributed by atoms with van der Waals surface area (Å²) in [5.74, 6) is 0.343. The van der Waals surface area contributed by atoms with Crippen LogP contribution in [0.4, 0.5) is 0 Å². The maximum Gasteiger partial charge on any atom is 0.147 e. The molecule has 0 atom stereocenters. The van der Waals surface area contributed by atoms with Gasteiger partial charge in [-0.15, -0.1) is 12.8 Å². The van der Waals surface area contributed by atoms with Crippen LogP contribution in [0.2, 0.25) is 0 Å². The summed E-state index contributed by atoms with van der Waals surface area (Å²) in [6.45, 7) is 1.48. The quantitative estimate of drug-likeness (QED) is 0.438. The van der Waals surface area contributed by atoms with Crippen LogP contribution >= 0.6 is 0 Å². The third kappa shape index (κ3) is 2.38. The molecule has 0 bridgehead atoms. The molecule has 0 aliphatic carbocycles. The van der Waals surface area contributed by atoms with E-state index in [2.05, 4.69) is 18.2 Å². The average Bonchev–Trinajstić information content (AvgIpc) is 2.24. The van der Waals surface area contributed by atoms with E-state index in [0.717, 1.165) is 13.0 Å². The summed E-state index contributed by atoms with van der Waals surface area (Å²) in [7, 11) is 0. The largest absolute Gasteiger partial charge is 0.310 e. The fourth-order valence-corrected chi connectivity index (χ4v) is 0.544. The molecule has 0 aromatic rings. The number of nitrogens with one attached hydrogen (secondary N) is 1. The highest BCUT2D eigenvalue weighted by Gasteiger charge is 2.06. The van der Waals surface area contributed by atoms with Crippen LogP contribution in [-0.2, 0) is 4.79 Å². The van der Waals surface area contributed by atoms with Gasteiger partial charge >= 0.3 is 0 Å². The lowest BCUT2D eigenvalue weighted by Gasteiger charge is -1.75. The number of Topliss-reactive ketones (excluding diaryl/α,β-unsaturated/α-hetero) is 1. The van der Waals surface area contributed by atoms with Crippen LogP contribution in [0, 0.1) is 12.8 Å². The van der Waals surface area contributed by atoms with Gasteiger partial charge in [0.25, 0.3) is 0 Å². The zero-order valence-corrected chi connectivity index (χ0v) is 4.68. The van der Waals surface area contributed by atoms with E-state index in [1.54, 1.807) is 0 Å². The highest BCUT2D eigenvalue weighted by atomic mass is 16.1. The van der Waals surface area contributed by atoms with Gasteiger partial charge in [-0.25, -0.2) is 0 Å². The van der Waals surface area contributed by atoms with E-state index >= 15 is 0 Å². The minimum atomic E-state index is 0.343. The van der Waals surface area contributed by atoms with Crippen LogP contribution in [0.25, 0.3) is 0 Å². The SMILES string of the molecule is C#C.O=C1CCNC1. The standard InChI is InChI=1S/C4H7NO.C2H2/c6-4-1-2-5-3-4;1-2/h5H,1-3H2;1-2H. The van der Waals surface area contributed by atoms with E-state index in [4.69, 9.17) is 0 Å². The van der Waals surface area contributed by atoms with E-state index in [1.165, 1.54) is 0 Å². The number of terminal acetylenes is 1. The summed E-state index contributed by atoms with van der Waals surface area (Å²) in [6.07, 6.45) is 8.74. The van der Waals surface area contributed by atoms with Crippen molar-refractivity contribution in [3.05, 3.63) is 0 Å². The van der Waals surface area contributed by atoms with Crippen molar-refractivity contribution in [3.63, 3.8) is 0 Å². The Kier molecular flexibility index (Phi) is 3.91. The highest BCUT2D eigenvalue weighted by Crippen LogP contribution is 1.85.